The smallest absolute Gasteiger partial charge is 0.0366 e. The summed E-state index contributed by atoms with van der Waals surface area (Å²) in [5, 5.41) is 3.94. The van der Waals surface area contributed by atoms with E-state index >= 15 is 0 Å². The van der Waals surface area contributed by atoms with Crippen molar-refractivity contribution in [1.82, 2.24) is 5.32 Å². The van der Waals surface area contributed by atoms with Crippen molar-refractivity contribution < 1.29 is 0 Å². The molecule has 1 aliphatic carbocycles. The third-order valence-corrected chi connectivity index (χ3v) is 5.43. The Morgan fingerprint density at radius 3 is 2.10 bits per heavy atom. The number of rotatable bonds is 3. The molecule has 1 aromatic rings. The van der Waals surface area contributed by atoms with E-state index in [4.69, 9.17) is 0 Å². The van der Waals surface area contributed by atoms with Gasteiger partial charge in [0.15, 0.2) is 0 Å². The Morgan fingerprint density at radius 2 is 1.48 bits per heavy atom. The Labute approximate surface area is 129 Å². The lowest BCUT2D eigenvalue weighted by Gasteiger charge is -2.39. The second kappa shape index (κ2) is 6.39. The lowest BCUT2D eigenvalue weighted by molar-refractivity contribution is 0.193. The highest BCUT2D eigenvalue weighted by Crippen LogP contribution is 2.35. The van der Waals surface area contributed by atoms with Gasteiger partial charge in [-0.25, -0.2) is 0 Å². The van der Waals surface area contributed by atoms with Gasteiger partial charge < -0.3 is 10.2 Å². The topological polar surface area (TPSA) is 15.3 Å². The molecule has 0 amide bonds. The van der Waals surface area contributed by atoms with Crippen LogP contribution in [0.15, 0.2) is 30.3 Å². The van der Waals surface area contributed by atoms with Crippen LogP contribution in [0.1, 0.15) is 52.4 Å². The van der Waals surface area contributed by atoms with Crippen molar-refractivity contribution in [2.24, 2.45) is 5.41 Å². The van der Waals surface area contributed by atoms with E-state index in [0.29, 0.717) is 5.41 Å². The Morgan fingerprint density at radius 1 is 0.905 bits per heavy atom. The van der Waals surface area contributed by atoms with Crippen molar-refractivity contribution in [1.29, 1.82) is 0 Å². The van der Waals surface area contributed by atoms with Crippen LogP contribution in [0.4, 0.5) is 5.69 Å². The first-order chi connectivity index (χ1) is 10.1. The van der Waals surface area contributed by atoms with Crippen molar-refractivity contribution in [3.05, 3.63) is 30.3 Å². The molecule has 1 saturated carbocycles. The maximum absolute atomic E-state index is 3.94. The van der Waals surface area contributed by atoms with Crippen LogP contribution in [-0.2, 0) is 0 Å². The predicted octanol–water partition coefficient (Wildman–Crippen LogP) is 4.21. The Hall–Kier alpha value is -1.02. The maximum atomic E-state index is 3.94. The predicted molar refractivity (Wildman–Crippen MR) is 90.8 cm³/mol. The lowest BCUT2D eigenvalue weighted by atomic mass is 9.75. The molecule has 2 aliphatic rings. The van der Waals surface area contributed by atoms with E-state index in [1.807, 2.05) is 0 Å². The fraction of sp³-hybridized carbons (Fsp3) is 0.684. The van der Waals surface area contributed by atoms with E-state index in [2.05, 4.69) is 54.4 Å². The minimum Gasteiger partial charge on any atom is -0.371 e. The molecule has 21 heavy (non-hydrogen) atoms. The van der Waals surface area contributed by atoms with Gasteiger partial charge in [-0.05, 0) is 56.1 Å². The molecule has 1 aromatic carbocycles. The normalized spacial score (nSPS) is 24.2. The van der Waals surface area contributed by atoms with Crippen LogP contribution in [-0.4, -0.2) is 25.2 Å². The molecule has 2 fully saturated rings. The molecule has 1 N–H and O–H groups in total. The second-order valence-electron chi connectivity index (χ2n) is 7.70. The Kier molecular flexibility index (Phi) is 4.54. The van der Waals surface area contributed by atoms with Crippen LogP contribution in [0.2, 0.25) is 0 Å². The fourth-order valence-electron chi connectivity index (χ4n) is 3.84. The lowest BCUT2D eigenvalue weighted by Crippen LogP contribution is -2.47. The summed E-state index contributed by atoms with van der Waals surface area (Å²) >= 11 is 0. The molecule has 0 aromatic heterocycles. The highest BCUT2D eigenvalue weighted by atomic mass is 15.1. The molecule has 3 rings (SSSR count). The molecule has 1 aliphatic heterocycles. The van der Waals surface area contributed by atoms with Crippen LogP contribution in [0.3, 0.4) is 0 Å². The number of hydrogen-bond donors (Lipinski definition) is 1. The summed E-state index contributed by atoms with van der Waals surface area (Å²) in [6, 6.07) is 12.4. The molecule has 0 bridgehead atoms. The van der Waals surface area contributed by atoms with Crippen LogP contribution in [0.5, 0.6) is 0 Å². The molecular weight excluding hydrogens is 256 g/mol. The molecule has 2 nitrogen and oxygen atoms in total. The minimum absolute atomic E-state index is 0.578. The third kappa shape index (κ3) is 4.00. The second-order valence-corrected chi connectivity index (χ2v) is 7.70. The average molecular weight is 286 g/mol. The zero-order valence-corrected chi connectivity index (χ0v) is 13.6. The summed E-state index contributed by atoms with van der Waals surface area (Å²) in [5.74, 6) is 0. The van der Waals surface area contributed by atoms with Crippen molar-refractivity contribution in [2.45, 2.75) is 64.5 Å². The van der Waals surface area contributed by atoms with Gasteiger partial charge in [-0.2, -0.15) is 0 Å². The van der Waals surface area contributed by atoms with Gasteiger partial charge in [-0.3, -0.25) is 0 Å². The quantitative estimate of drug-likeness (QED) is 0.895. The maximum Gasteiger partial charge on any atom is 0.0366 e. The molecule has 0 spiro atoms. The van der Waals surface area contributed by atoms with Gasteiger partial charge in [0.25, 0.3) is 0 Å². The number of anilines is 1. The zero-order valence-electron chi connectivity index (χ0n) is 13.6. The van der Waals surface area contributed by atoms with Crippen molar-refractivity contribution in [2.75, 3.05) is 18.0 Å². The van der Waals surface area contributed by atoms with E-state index < -0.39 is 0 Å². The van der Waals surface area contributed by atoms with Gasteiger partial charge in [0, 0.05) is 30.9 Å². The largest absolute Gasteiger partial charge is 0.371 e. The number of nitrogens with one attached hydrogen (secondary N) is 1. The molecule has 1 saturated heterocycles. The number of benzene rings is 1. The fourth-order valence-corrected chi connectivity index (χ4v) is 3.84. The van der Waals surface area contributed by atoms with E-state index in [0.717, 1.165) is 12.1 Å². The summed E-state index contributed by atoms with van der Waals surface area (Å²) in [5.41, 5.74) is 1.96. The zero-order chi connectivity index (χ0) is 14.7. The number of nitrogens with zero attached hydrogens (tertiary/aromatic N) is 1. The molecular formula is C19H30N2. The Bertz CT molecular complexity index is 422. The molecule has 1 heterocycles. The number of piperidine rings is 1. The molecule has 116 valence electrons. The first kappa shape index (κ1) is 14.9. The highest BCUT2D eigenvalue weighted by molar-refractivity contribution is 5.46. The van der Waals surface area contributed by atoms with Gasteiger partial charge in [-0.15, -0.1) is 0 Å². The van der Waals surface area contributed by atoms with Gasteiger partial charge in [-0.1, -0.05) is 32.0 Å². The van der Waals surface area contributed by atoms with Crippen molar-refractivity contribution >= 4 is 5.69 Å². The first-order valence-electron chi connectivity index (χ1n) is 8.68. The van der Waals surface area contributed by atoms with Crippen molar-refractivity contribution in [3.63, 3.8) is 0 Å². The van der Waals surface area contributed by atoms with E-state index in [1.165, 1.54) is 57.3 Å². The average Bonchev–Trinajstić information content (AvgIpc) is 2.51. The number of para-hydroxylation sites is 1. The minimum atomic E-state index is 0.578. The van der Waals surface area contributed by atoms with Crippen LogP contribution < -0.4 is 10.2 Å². The number of hydrogen-bond acceptors (Lipinski definition) is 2. The Balaban J connectivity index is 1.44. The van der Waals surface area contributed by atoms with Crippen LogP contribution >= 0.6 is 0 Å². The van der Waals surface area contributed by atoms with Gasteiger partial charge in [0.2, 0.25) is 0 Å². The SMILES string of the molecule is CC1(C)CCC(NC2CCN(c3ccccc3)CC2)CC1. The highest BCUT2D eigenvalue weighted by Gasteiger charge is 2.29. The van der Waals surface area contributed by atoms with Crippen molar-refractivity contribution in [3.8, 4) is 0 Å². The monoisotopic (exact) mass is 286 g/mol. The summed E-state index contributed by atoms with van der Waals surface area (Å²) in [7, 11) is 0. The van der Waals surface area contributed by atoms with E-state index in [9.17, 15) is 0 Å². The molecule has 0 unspecified atom stereocenters. The summed E-state index contributed by atoms with van der Waals surface area (Å²) in [6.07, 6.45) is 8.07. The molecule has 2 heteroatoms. The molecule has 0 atom stereocenters. The summed E-state index contributed by atoms with van der Waals surface area (Å²) < 4.78 is 0. The van der Waals surface area contributed by atoms with E-state index in [1.54, 1.807) is 0 Å². The summed E-state index contributed by atoms with van der Waals surface area (Å²) in [4.78, 5) is 2.53. The van der Waals surface area contributed by atoms with Gasteiger partial charge in [0.05, 0.1) is 0 Å². The molecule has 0 radical (unpaired) electrons. The first-order valence-corrected chi connectivity index (χ1v) is 8.68. The van der Waals surface area contributed by atoms with E-state index in [-0.39, 0.29) is 0 Å². The van der Waals surface area contributed by atoms with Gasteiger partial charge >= 0.3 is 0 Å². The third-order valence-electron chi connectivity index (χ3n) is 5.43. The van der Waals surface area contributed by atoms with Crippen LogP contribution in [0, 0.1) is 5.41 Å². The van der Waals surface area contributed by atoms with Gasteiger partial charge in [0.1, 0.15) is 0 Å². The van der Waals surface area contributed by atoms with Crippen LogP contribution in [0.25, 0.3) is 0 Å². The standard InChI is InChI=1S/C19H30N2/c1-19(2)12-8-16(9-13-19)20-17-10-14-21(15-11-17)18-6-4-3-5-7-18/h3-7,16-17,20H,8-15H2,1-2H3. The summed E-state index contributed by atoms with van der Waals surface area (Å²) in [6.45, 7) is 7.23.